The number of amides is 1. The van der Waals surface area contributed by atoms with Crippen molar-refractivity contribution in [2.24, 2.45) is 0 Å². The Hall–Kier alpha value is -2.67. The van der Waals surface area contributed by atoms with E-state index in [-0.39, 0.29) is 11.5 Å². The number of rotatable bonds is 4. The SMILES string of the molecule is COc1cccc(CNC(=O)c2sc3nc4n(c(=O)c3c2C)CCCC4)c1. The number of nitrogens with one attached hydrogen (secondary N) is 1. The summed E-state index contributed by atoms with van der Waals surface area (Å²) < 4.78 is 6.98. The van der Waals surface area contributed by atoms with Crippen molar-refractivity contribution in [1.29, 1.82) is 0 Å². The first-order valence-electron chi connectivity index (χ1n) is 9.02. The Morgan fingerprint density at radius 3 is 3.04 bits per heavy atom. The number of ether oxygens (including phenoxy) is 1. The number of carbonyl (C=O) groups is 1. The third-order valence-corrected chi connectivity index (χ3v) is 6.14. The monoisotopic (exact) mass is 383 g/mol. The largest absolute Gasteiger partial charge is 0.497 e. The number of fused-ring (bicyclic) bond motifs is 2. The Balaban J connectivity index is 1.63. The van der Waals surface area contributed by atoms with Crippen LogP contribution < -0.4 is 15.6 Å². The quantitative estimate of drug-likeness (QED) is 0.752. The number of benzene rings is 1. The van der Waals surface area contributed by atoms with Gasteiger partial charge in [-0.3, -0.25) is 14.2 Å². The van der Waals surface area contributed by atoms with E-state index >= 15 is 0 Å². The van der Waals surface area contributed by atoms with Crippen molar-refractivity contribution in [1.82, 2.24) is 14.9 Å². The molecule has 0 unspecified atom stereocenters. The summed E-state index contributed by atoms with van der Waals surface area (Å²) in [7, 11) is 1.61. The van der Waals surface area contributed by atoms with Crippen LogP contribution in [0.5, 0.6) is 5.75 Å². The number of hydrogen-bond acceptors (Lipinski definition) is 5. The van der Waals surface area contributed by atoms with Crippen LogP contribution in [-0.2, 0) is 19.5 Å². The Morgan fingerprint density at radius 1 is 1.37 bits per heavy atom. The van der Waals surface area contributed by atoms with E-state index in [0.717, 1.165) is 42.0 Å². The maximum Gasteiger partial charge on any atom is 0.262 e. The van der Waals surface area contributed by atoms with Crippen molar-refractivity contribution < 1.29 is 9.53 Å². The molecule has 140 valence electrons. The molecule has 3 aromatic rings. The fraction of sp³-hybridized carbons (Fsp3) is 0.350. The zero-order valence-electron chi connectivity index (χ0n) is 15.4. The summed E-state index contributed by atoms with van der Waals surface area (Å²) in [5.41, 5.74) is 1.65. The Bertz CT molecular complexity index is 1080. The van der Waals surface area contributed by atoms with Gasteiger partial charge in [0.2, 0.25) is 0 Å². The zero-order valence-corrected chi connectivity index (χ0v) is 16.2. The van der Waals surface area contributed by atoms with E-state index in [9.17, 15) is 9.59 Å². The number of thiophene rings is 1. The van der Waals surface area contributed by atoms with E-state index < -0.39 is 0 Å². The summed E-state index contributed by atoms with van der Waals surface area (Å²) in [5, 5.41) is 3.52. The van der Waals surface area contributed by atoms with Gasteiger partial charge in [-0.1, -0.05) is 12.1 Å². The summed E-state index contributed by atoms with van der Waals surface area (Å²) in [6, 6.07) is 7.57. The van der Waals surface area contributed by atoms with Crippen LogP contribution in [0.2, 0.25) is 0 Å². The second-order valence-corrected chi connectivity index (χ2v) is 7.71. The lowest BCUT2D eigenvalue weighted by molar-refractivity contribution is 0.0954. The second-order valence-electron chi connectivity index (χ2n) is 6.71. The van der Waals surface area contributed by atoms with Crippen LogP contribution in [0.25, 0.3) is 10.2 Å². The third kappa shape index (κ3) is 3.23. The maximum atomic E-state index is 12.9. The molecule has 6 nitrogen and oxygen atoms in total. The highest BCUT2D eigenvalue weighted by molar-refractivity contribution is 7.20. The van der Waals surface area contributed by atoms with Gasteiger partial charge in [-0.15, -0.1) is 11.3 Å². The van der Waals surface area contributed by atoms with Gasteiger partial charge in [0.1, 0.15) is 16.4 Å². The van der Waals surface area contributed by atoms with Gasteiger partial charge >= 0.3 is 0 Å². The standard InChI is InChI=1S/C20H21N3O3S/c1-12-16-19(22-15-8-3-4-9-23(15)20(16)25)27-17(12)18(24)21-11-13-6-5-7-14(10-13)26-2/h5-7,10H,3-4,8-9,11H2,1-2H3,(H,21,24). The van der Waals surface area contributed by atoms with Crippen molar-refractivity contribution in [3.8, 4) is 5.75 Å². The molecule has 1 amide bonds. The summed E-state index contributed by atoms with van der Waals surface area (Å²) in [4.78, 5) is 31.5. The normalized spacial score (nSPS) is 13.4. The molecule has 1 aliphatic heterocycles. The maximum absolute atomic E-state index is 12.9. The lowest BCUT2D eigenvalue weighted by Crippen LogP contribution is -2.28. The molecule has 0 saturated heterocycles. The van der Waals surface area contributed by atoms with Crippen molar-refractivity contribution >= 4 is 27.5 Å². The molecule has 4 rings (SSSR count). The van der Waals surface area contributed by atoms with Gasteiger partial charge in [0.15, 0.2) is 0 Å². The summed E-state index contributed by atoms with van der Waals surface area (Å²) in [6.45, 7) is 2.94. The van der Waals surface area contributed by atoms with Crippen LogP contribution in [0, 0.1) is 6.92 Å². The van der Waals surface area contributed by atoms with Crippen LogP contribution in [0.1, 0.15) is 39.5 Å². The molecule has 1 aliphatic rings. The molecule has 0 saturated carbocycles. The highest BCUT2D eigenvalue weighted by Gasteiger charge is 2.22. The van der Waals surface area contributed by atoms with Crippen LogP contribution >= 0.6 is 11.3 Å². The molecule has 1 N–H and O–H groups in total. The summed E-state index contributed by atoms with van der Waals surface area (Å²) >= 11 is 1.30. The molecule has 3 heterocycles. The lowest BCUT2D eigenvalue weighted by atomic mass is 10.1. The molecule has 0 bridgehead atoms. The molecular weight excluding hydrogens is 362 g/mol. The van der Waals surface area contributed by atoms with E-state index in [1.165, 1.54) is 11.3 Å². The minimum Gasteiger partial charge on any atom is -0.497 e. The third-order valence-electron chi connectivity index (χ3n) is 4.95. The predicted molar refractivity (Wildman–Crippen MR) is 106 cm³/mol. The first-order chi connectivity index (χ1) is 13.1. The molecule has 0 atom stereocenters. The molecule has 2 aromatic heterocycles. The second kappa shape index (κ2) is 7.15. The number of methoxy groups -OCH3 is 1. The van der Waals surface area contributed by atoms with Crippen LogP contribution in [-0.4, -0.2) is 22.6 Å². The molecule has 0 aliphatic carbocycles. The van der Waals surface area contributed by atoms with E-state index in [2.05, 4.69) is 10.3 Å². The van der Waals surface area contributed by atoms with Gasteiger partial charge in [0.05, 0.1) is 17.4 Å². The van der Waals surface area contributed by atoms with Crippen molar-refractivity contribution in [3.05, 3.63) is 56.4 Å². The topological polar surface area (TPSA) is 73.2 Å². The Kier molecular flexibility index (Phi) is 4.70. The van der Waals surface area contributed by atoms with Gasteiger partial charge < -0.3 is 10.1 Å². The van der Waals surface area contributed by atoms with Gasteiger partial charge in [0.25, 0.3) is 11.5 Å². The smallest absolute Gasteiger partial charge is 0.262 e. The predicted octanol–water partition coefficient (Wildman–Crippen LogP) is 3.04. The highest BCUT2D eigenvalue weighted by Crippen LogP contribution is 2.28. The number of aryl methyl sites for hydroxylation is 2. The molecule has 1 aromatic carbocycles. The van der Waals surface area contributed by atoms with Gasteiger partial charge in [-0.05, 0) is 43.0 Å². The number of carbonyl (C=O) groups excluding carboxylic acids is 1. The van der Waals surface area contributed by atoms with Crippen molar-refractivity contribution in [2.75, 3.05) is 7.11 Å². The molecule has 27 heavy (non-hydrogen) atoms. The van der Waals surface area contributed by atoms with Crippen molar-refractivity contribution in [3.63, 3.8) is 0 Å². The lowest BCUT2D eigenvalue weighted by Gasteiger charge is -2.16. The van der Waals surface area contributed by atoms with E-state index in [4.69, 9.17) is 4.74 Å². The van der Waals surface area contributed by atoms with Crippen LogP contribution in [0.15, 0.2) is 29.1 Å². The molecule has 7 heteroatoms. The van der Waals surface area contributed by atoms with Gasteiger partial charge in [-0.2, -0.15) is 0 Å². The summed E-state index contributed by atoms with van der Waals surface area (Å²) in [6.07, 6.45) is 2.87. The first-order valence-corrected chi connectivity index (χ1v) is 9.84. The number of hydrogen-bond donors (Lipinski definition) is 1. The average Bonchev–Trinajstić information content (AvgIpc) is 3.03. The van der Waals surface area contributed by atoms with E-state index in [1.54, 1.807) is 11.7 Å². The fourth-order valence-electron chi connectivity index (χ4n) is 3.49. The average molecular weight is 383 g/mol. The van der Waals surface area contributed by atoms with E-state index in [0.29, 0.717) is 28.2 Å². The van der Waals surface area contributed by atoms with Crippen molar-refractivity contribution in [2.45, 2.75) is 39.3 Å². The minimum atomic E-state index is -0.180. The molecular formula is C20H21N3O3S. The Labute approximate surface area is 160 Å². The van der Waals surface area contributed by atoms with E-state index in [1.807, 2.05) is 31.2 Å². The molecule has 0 spiro atoms. The zero-order chi connectivity index (χ0) is 19.0. The van der Waals surface area contributed by atoms with Gasteiger partial charge in [0, 0.05) is 19.5 Å². The fourth-order valence-corrected chi connectivity index (χ4v) is 4.60. The molecule has 0 radical (unpaired) electrons. The van der Waals surface area contributed by atoms with Gasteiger partial charge in [-0.25, -0.2) is 4.98 Å². The van der Waals surface area contributed by atoms with Crippen LogP contribution in [0.3, 0.4) is 0 Å². The molecule has 0 fully saturated rings. The minimum absolute atomic E-state index is 0.0182. The number of aromatic nitrogens is 2. The van der Waals surface area contributed by atoms with Crippen LogP contribution in [0.4, 0.5) is 0 Å². The summed E-state index contributed by atoms with van der Waals surface area (Å²) in [5.74, 6) is 1.41. The first kappa shape index (κ1) is 17.7. The number of nitrogens with zero attached hydrogens (tertiary/aromatic N) is 2. The highest BCUT2D eigenvalue weighted by atomic mass is 32.1. The Morgan fingerprint density at radius 2 is 2.22 bits per heavy atom.